The summed E-state index contributed by atoms with van der Waals surface area (Å²) in [6, 6.07) is 0. The van der Waals surface area contributed by atoms with Gasteiger partial charge in [0, 0.05) is 5.33 Å². The van der Waals surface area contributed by atoms with Gasteiger partial charge in [-0.05, 0) is 12.3 Å². The Balaban J connectivity index is 2.90. The highest BCUT2D eigenvalue weighted by Crippen LogP contribution is 2.14. The Bertz CT molecular complexity index is 143. The molecule has 0 heterocycles. The lowest BCUT2D eigenvalue weighted by molar-refractivity contribution is 0.504. The molecule has 0 bridgehead atoms. The molecule has 0 atom stereocenters. The zero-order valence-electron chi connectivity index (χ0n) is 12.9. The van der Waals surface area contributed by atoms with Crippen molar-refractivity contribution in [3.05, 3.63) is 0 Å². The van der Waals surface area contributed by atoms with E-state index in [9.17, 15) is 0 Å². The molecule has 1 heteroatoms. The van der Waals surface area contributed by atoms with Gasteiger partial charge < -0.3 is 0 Å². The summed E-state index contributed by atoms with van der Waals surface area (Å²) in [7, 11) is 0. The van der Waals surface area contributed by atoms with Gasteiger partial charge in [-0.15, -0.1) is 0 Å². The first-order valence-electron chi connectivity index (χ1n) is 8.33. The molecule has 0 saturated heterocycles. The van der Waals surface area contributed by atoms with Crippen LogP contribution in [0.1, 0.15) is 97.3 Å². The highest BCUT2D eigenvalue weighted by Gasteiger charge is 1.95. The normalized spacial score (nSPS) is 11.3. The SMILES string of the molecule is CC(C)CCCCCCCCCCCCCCBr. The van der Waals surface area contributed by atoms with Gasteiger partial charge in [-0.3, -0.25) is 0 Å². The summed E-state index contributed by atoms with van der Waals surface area (Å²) < 4.78 is 0. The molecule has 0 aliphatic carbocycles. The highest BCUT2D eigenvalue weighted by atomic mass is 79.9. The predicted octanol–water partition coefficient (Wildman–Crippen LogP) is 7.11. The first kappa shape index (κ1) is 18.5. The van der Waals surface area contributed by atoms with Crippen LogP contribution in [0.4, 0.5) is 0 Å². The third kappa shape index (κ3) is 16.5. The van der Waals surface area contributed by atoms with Gasteiger partial charge in [-0.25, -0.2) is 0 Å². The topological polar surface area (TPSA) is 0 Å². The van der Waals surface area contributed by atoms with E-state index >= 15 is 0 Å². The molecule has 0 amide bonds. The maximum atomic E-state index is 3.49. The molecule has 0 aliphatic heterocycles. The van der Waals surface area contributed by atoms with Gasteiger partial charge in [-0.2, -0.15) is 0 Å². The third-order valence-corrected chi connectivity index (χ3v) is 4.23. The molecule has 18 heavy (non-hydrogen) atoms. The number of hydrogen-bond acceptors (Lipinski definition) is 0. The van der Waals surface area contributed by atoms with Gasteiger partial charge >= 0.3 is 0 Å². The van der Waals surface area contributed by atoms with Crippen LogP contribution in [0.3, 0.4) is 0 Å². The number of rotatable bonds is 14. The molecule has 0 radical (unpaired) electrons. The summed E-state index contributed by atoms with van der Waals surface area (Å²) in [6.07, 6.45) is 18.9. The molecular formula is C17H35Br. The lowest BCUT2D eigenvalue weighted by atomic mass is 10.0. The van der Waals surface area contributed by atoms with E-state index in [0.717, 1.165) is 5.92 Å². The van der Waals surface area contributed by atoms with E-state index in [1.165, 1.54) is 88.8 Å². The van der Waals surface area contributed by atoms with Crippen LogP contribution in [0.15, 0.2) is 0 Å². The zero-order chi connectivity index (χ0) is 13.5. The molecule has 0 aromatic rings. The summed E-state index contributed by atoms with van der Waals surface area (Å²) >= 11 is 3.49. The molecule has 0 aromatic carbocycles. The minimum Gasteiger partial charge on any atom is -0.0928 e. The van der Waals surface area contributed by atoms with Crippen LogP contribution in [0.25, 0.3) is 0 Å². The quantitative estimate of drug-likeness (QED) is 0.236. The summed E-state index contributed by atoms with van der Waals surface area (Å²) in [5.41, 5.74) is 0. The first-order chi connectivity index (χ1) is 8.77. The minimum absolute atomic E-state index is 0.898. The molecular weight excluding hydrogens is 284 g/mol. The minimum atomic E-state index is 0.898. The van der Waals surface area contributed by atoms with Crippen LogP contribution in [-0.2, 0) is 0 Å². The summed E-state index contributed by atoms with van der Waals surface area (Å²) in [5, 5.41) is 1.18. The van der Waals surface area contributed by atoms with Crippen LogP contribution >= 0.6 is 15.9 Å². The standard InChI is InChI=1S/C17H35Br/c1-17(2)15-13-11-9-7-5-3-4-6-8-10-12-14-16-18/h17H,3-16H2,1-2H3. The molecule has 0 aromatic heterocycles. The first-order valence-corrected chi connectivity index (χ1v) is 9.45. The zero-order valence-corrected chi connectivity index (χ0v) is 14.4. The fourth-order valence-electron chi connectivity index (χ4n) is 2.41. The lowest BCUT2D eigenvalue weighted by Gasteiger charge is -2.04. The van der Waals surface area contributed by atoms with Crippen LogP contribution in [0.2, 0.25) is 0 Å². The van der Waals surface area contributed by atoms with Gasteiger partial charge in [0.05, 0.1) is 0 Å². The molecule has 0 saturated carbocycles. The Morgan fingerprint density at radius 3 is 1.22 bits per heavy atom. The van der Waals surface area contributed by atoms with Crippen molar-refractivity contribution in [3.63, 3.8) is 0 Å². The highest BCUT2D eigenvalue weighted by molar-refractivity contribution is 9.09. The number of unbranched alkanes of at least 4 members (excludes halogenated alkanes) is 11. The van der Waals surface area contributed by atoms with Crippen molar-refractivity contribution in [2.24, 2.45) is 5.92 Å². The molecule has 0 spiro atoms. The second kappa shape index (κ2) is 15.5. The van der Waals surface area contributed by atoms with Gasteiger partial charge in [0.15, 0.2) is 0 Å². The van der Waals surface area contributed by atoms with E-state index in [0.29, 0.717) is 0 Å². The molecule has 0 fully saturated rings. The molecule has 110 valence electrons. The Labute approximate surface area is 124 Å². The molecule has 0 N–H and O–H groups in total. The van der Waals surface area contributed by atoms with E-state index in [-0.39, 0.29) is 0 Å². The molecule has 0 unspecified atom stereocenters. The van der Waals surface area contributed by atoms with E-state index in [4.69, 9.17) is 0 Å². The average Bonchev–Trinajstić information content (AvgIpc) is 2.34. The van der Waals surface area contributed by atoms with Crippen molar-refractivity contribution in [3.8, 4) is 0 Å². The van der Waals surface area contributed by atoms with Crippen LogP contribution < -0.4 is 0 Å². The number of halogens is 1. The van der Waals surface area contributed by atoms with E-state index in [1.54, 1.807) is 0 Å². The van der Waals surface area contributed by atoms with E-state index in [2.05, 4.69) is 29.8 Å². The third-order valence-electron chi connectivity index (χ3n) is 3.67. The van der Waals surface area contributed by atoms with E-state index in [1.807, 2.05) is 0 Å². The largest absolute Gasteiger partial charge is 0.0928 e. The lowest BCUT2D eigenvalue weighted by Crippen LogP contribution is -1.87. The maximum Gasteiger partial charge on any atom is 0.00313 e. The Morgan fingerprint density at radius 2 is 0.889 bits per heavy atom. The van der Waals surface area contributed by atoms with Crippen molar-refractivity contribution in [2.45, 2.75) is 97.3 Å². The fraction of sp³-hybridized carbons (Fsp3) is 1.00. The van der Waals surface area contributed by atoms with Gasteiger partial charge in [-0.1, -0.05) is 107 Å². The summed E-state index contributed by atoms with van der Waals surface area (Å²) in [4.78, 5) is 0. The Kier molecular flexibility index (Phi) is 16.0. The van der Waals surface area contributed by atoms with Crippen molar-refractivity contribution >= 4 is 15.9 Å². The smallest absolute Gasteiger partial charge is 0.00313 e. The van der Waals surface area contributed by atoms with Gasteiger partial charge in [0.1, 0.15) is 0 Å². The van der Waals surface area contributed by atoms with Crippen LogP contribution in [-0.4, -0.2) is 5.33 Å². The summed E-state index contributed by atoms with van der Waals surface area (Å²) in [6.45, 7) is 4.66. The molecule has 0 aliphatic rings. The maximum absolute atomic E-state index is 3.49. The number of alkyl halides is 1. The second-order valence-electron chi connectivity index (χ2n) is 6.11. The molecule has 0 nitrogen and oxygen atoms in total. The Morgan fingerprint density at radius 1 is 0.556 bits per heavy atom. The van der Waals surface area contributed by atoms with E-state index < -0.39 is 0 Å². The average molecular weight is 319 g/mol. The van der Waals surface area contributed by atoms with Gasteiger partial charge in [0.2, 0.25) is 0 Å². The predicted molar refractivity (Wildman–Crippen MR) is 88.7 cm³/mol. The second-order valence-corrected chi connectivity index (χ2v) is 6.91. The van der Waals surface area contributed by atoms with Crippen LogP contribution in [0, 0.1) is 5.92 Å². The van der Waals surface area contributed by atoms with Crippen molar-refractivity contribution in [2.75, 3.05) is 5.33 Å². The Hall–Kier alpha value is 0.480. The fourth-order valence-corrected chi connectivity index (χ4v) is 2.81. The van der Waals surface area contributed by atoms with Crippen molar-refractivity contribution < 1.29 is 0 Å². The van der Waals surface area contributed by atoms with Gasteiger partial charge in [0.25, 0.3) is 0 Å². The number of hydrogen-bond donors (Lipinski definition) is 0. The van der Waals surface area contributed by atoms with Crippen LogP contribution in [0.5, 0.6) is 0 Å². The monoisotopic (exact) mass is 318 g/mol. The molecule has 0 rings (SSSR count). The van der Waals surface area contributed by atoms with Crippen molar-refractivity contribution in [1.82, 2.24) is 0 Å². The summed E-state index contributed by atoms with van der Waals surface area (Å²) in [5.74, 6) is 0.898. The van der Waals surface area contributed by atoms with Crippen molar-refractivity contribution in [1.29, 1.82) is 0 Å².